The number of fused-ring (bicyclic) bond motifs is 1. The van der Waals surface area contributed by atoms with Crippen LogP contribution in [0.4, 0.5) is 28.4 Å². The fraction of sp³-hybridized carbons (Fsp3) is 0.205. The number of amides is 3. The molecule has 5 aromatic rings. The first kappa shape index (κ1) is 34.0. The summed E-state index contributed by atoms with van der Waals surface area (Å²) in [6.07, 6.45) is 7.99. The van der Waals surface area contributed by atoms with Crippen LogP contribution in [0.5, 0.6) is 0 Å². The average molecular weight is 671 g/mol. The molecule has 0 radical (unpaired) electrons. The van der Waals surface area contributed by atoms with Crippen molar-refractivity contribution in [1.29, 1.82) is 0 Å². The normalized spacial score (nSPS) is 16.0. The predicted octanol–water partition coefficient (Wildman–Crippen LogP) is 5.42. The Labute approximate surface area is 290 Å². The fourth-order valence-corrected chi connectivity index (χ4v) is 6.23. The number of rotatable bonds is 15. The van der Waals surface area contributed by atoms with Gasteiger partial charge in [-0.15, -0.1) is 5.10 Å². The molecule has 0 unspecified atom stereocenters. The number of allylic oxidation sites excluding steroid dienone is 1. The Bertz CT molecular complexity index is 1960. The van der Waals surface area contributed by atoms with Gasteiger partial charge in [0.2, 0.25) is 12.8 Å². The van der Waals surface area contributed by atoms with Crippen molar-refractivity contribution in [2.45, 2.75) is 38.5 Å². The molecular formula is C39H38N6O5. The first-order chi connectivity index (χ1) is 24.4. The number of anilines is 5. The fourth-order valence-electron chi connectivity index (χ4n) is 6.23. The Hall–Kier alpha value is -5.91. The zero-order chi connectivity index (χ0) is 35.1. The highest BCUT2D eigenvalue weighted by Gasteiger charge is 2.52. The molecule has 6 rings (SSSR count). The van der Waals surface area contributed by atoms with E-state index in [1.54, 1.807) is 40.9 Å². The third-order valence-corrected chi connectivity index (χ3v) is 8.93. The molecule has 1 aliphatic heterocycles. The molecule has 0 spiro atoms. The molecule has 4 aromatic carbocycles. The van der Waals surface area contributed by atoms with E-state index in [1.165, 1.54) is 9.80 Å². The summed E-state index contributed by atoms with van der Waals surface area (Å²) >= 11 is 0. The predicted molar refractivity (Wildman–Crippen MR) is 191 cm³/mol. The molecule has 11 nitrogen and oxygen atoms in total. The van der Waals surface area contributed by atoms with Crippen molar-refractivity contribution in [2.24, 2.45) is 5.92 Å². The minimum absolute atomic E-state index is 0.00275. The molecule has 0 saturated carbocycles. The maximum Gasteiger partial charge on any atom is 0.264 e. The molecule has 0 saturated heterocycles. The second kappa shape index (κ2) is 15.1. The lowest BCUT2D eigenvalue weighted by atomic mass is 9.82. The summed E-state index contributed by atoms with van der Waals surface area (Å²) in [4.78, 5) is 43.2. The number of benzene rings is 4. The van der Waals surface area contributed by atoms with Gasteiger partial charge in [-0.2, -0.15) is 0 Å². The van der Waals surface area contributed by atoms with Gasteiger partial charge in [-0.05, 0) is 66.6 Å². The van der Waals surface area contributed by atoms with E-state index in [-0.39, 0.29) is 13.2 Å². The second-order valence-electron chi connectivity index (χ2n) is 12.1. The Morgan fingerprint density at radius 3 is 2.06 bits per heavy atom. The summed E-state index contributed by atoms with van der Waals surface area (Å²) in [5, 5.41) is 29.7. The summed E-state index contributed by atoms with van der Waals surface area (Å²) in [5.41, 5.74) is 3.10. The number of aromatic nitrogens is 3. The van der Waals surface area contributed by atoms with Gasteiger partial charge >= 0.3 is 0 Å². The van der Waals surface area contributed by atoms with Crippen LogP contribution in [0.3, 0.4) is 0 Å². The highest BCUT2D eigenvalue weighted by atomic mass is 16.3. The van der Waals surface area contributed by atoms with Crippen molar-refractivity contribution in [3.63, 3.8) is 0 Å². The van der Waals surface area contributed by atoms with Crippen LogP contribution in [-0.4, -0.2) is 50.5 Å². The van der Waals surface area contributed by atoms with Gasteiger partial charge in [0.05, 0.1) is 17.9 Å². The summed E-state index contributed by atoms with van der Waals surface area (Å²) < 4.78 is 1.69. The SMILES string of the molecule is C[C@@H](/C=C/CCn1cc(CCO)nn1)[C@]1(O)C(=O)N(Cc2ccc(N(C=O)c3ccccc3)cc2)c2ccc(N(C=O)c3ccccc3)cc21. The van der Waals surface area contributed by atoms with Crippen LogP contribution in [0.1, 0.15) is 30.2 Å². The van der Waals surface area contributed by atoms with Gasteiger partial charge in [-0.1, -0.05) is 72.8 Å². The van der Waals surface area contributed by atoms with E-state index in [0.29, 0.717) is 59.8 Å². The van der Waals surface area contributed by atoms with E-state index >= 15 is 0 Å². The first-order valence-electron chi connectivity index (χ1n) is 16.4. The standard InChI is InChI=1S/C39H38N6O5/c1-29(10-8-9-22-42-26-31(21-23-46)40-41-42)39(50)36-24-35(45(28-48)33-13-6-3-7-14-33)19-20-37(36)43(38(39)49)25-30-15-17-34(18-16-30)44(27-47)32-11-4-2-5-12-32/h2-8,10-20,24,26-29,46,50H,9,21-23,25H2,1H3/b10-8+/t29-,39+/m0/s1. The Morgan fingerprint density at radius 2 is 1.44 bits per heavy atom. The van der Waals surface area contributed by atoms with Gasteiger partial charge in [0.1, 0.15) is 0 Å². The van der Waals surface area contributed by atoms with Crippen LogP contribution in [0.25, 0.3) is 0 Å². The van der Waals surface area contributed by atoms with E-state index in [4.69, 9.17) is 5.11 Å². The molecule has 1 aliphatic rings. The molecule has 1 aromatic heterocycles. The smallest absolute Gasteiger partial charge is 0.264 e. The highest BCUT2D eigenvalue weighted by Crippen LogP contribution is 2.47. The van der Waals surface area contributed by atoms with Crippen molar-refractivity contribution in [2.75, 3.05) is 21.3 Å². The van der Waals surface area contributed by atoms with Gasteiger partial charge < -0.3 is 15.1 Å². The summed E-state index contributed by atoms with van der Waals surface area (Å²) in [5.74, 6) is -1.11. The van der Waals surface area contributed by atoms with Gasteiger partial charge in [0, 0.05) is 60.0 Å². The molecule has 3 amide bonds. The second-order valence-corrected chi connectivity index (χ2v) is 12.1. The van der Waals surface area contributed by atoms with Gasteiger partial charge in [-0.25, -0.2) is 0 Å². The van der Waals surface area contributed by atoms with Crippen LogP contribution in [0.2, 0.25) is 0 Å². The van der Waals surface area contributed by atoms with E-state index in [0.717, 1.165) is 17.7 Å². The number of hydrogen-bond acceptors (Lipinski definition) is 7. The summed E-state index contributed by atoms with van der Waals surface area (Å²) in [7, 11) is 0. The topological polar surface area (TPSA) is 132 Å². The van der Waals surface area contributed by atoms with Crippen molar-refractivity contribution >= 4 is 47.2 Å². The molecule has 254 valence electrons. The molecule has 0 aliphatic carbocycles. The van der Waals surface area contributed by atoms with Gasteiger partial charge in [-0.3, -0.25) is 28.9 Å². The Kier molecular flexibility index (Phi) is 10.3. The van der Waals surface area contributed by atoms with E-state index in [9.17, 15) is 19.5 Å². The van der Waals surface area contributed by atoms with E-state index < -0.39 is 17.4 Å². The molecule has 0 fully saturated rings. The summed E-state index contributed by atoms with van der Waals surface area (Å²) in [6, 6.07) is 31.1. The minimum Gasteiger partial charge on any atom is -0.396 e. The van der Waals surface area contributed by atoms with Crippen LogP contribution >= 0.6 is 0 Å². The van der Waals surface area contributed by atoms with Crippen LogP contribution in [-0.2, 0) is 39.5 Å². The van der Waals surface area contributed by atoms with Crippen molar-refractivity contribution in [3.8, 4) is 0 Å². The monoisotopic (exact) mass is 670 g/mol. The molecular weight excluding hydrogens is 632 g/mol. The lowest BCUT2D eigenvalue weighted by molar-refractivity contribution is -0.139. The maximum absolute atomic E-state index is 14.3. The van der Waals surface area contributed by atoms with E-state index in [1.807, 2.05) is 97.1 Å². The van der Waals surface area contributed by atoms with Crippen molar-refractivity contribution in [3.05, 3.63) is 138 Å². The number of carbonyl (C=O) groups excluding carboxylic acids is 3. The lowest BCUT2D eigenvalue weighted by Crippen LogP contribution is -2.44. The number of hydrogen-bond donors (Lipinski definition) is 2. The first-order valence-corrected chi connectivity index (χ1v) is 16.4. The molecule has 0 bridgehead atoms. The van der Waals surface area contributed by atoms with Gasteiger partial charge in [0.25, 0.3) is 5.91 Å². The zero-order valence-electron chi connectivity index (χ0n) is 27.6. The maximum atomic E-state index is 14.3. The minimum atomic E-state index is -1.92. The number of carbonyl (C=O) groups is 3. The van der Waals surface area contributed by atoms with Crippen LogP contribution in [0.15, 0.2) is 121 Å². The number of para-hydroxylation sites is 2. The largest absolute Gasteiger partial charge is 0.396 e. The molecule has 11 heteroatoms. The van der Waals surface area contributed by atoms with Gasteiger partial charge in [0.15, 0.2) is 5.60 Å². The Morgan fingerprint density at radius 1 is 0.840 bits per heavy atom. The number of nitrogens with zero attached hydrogens (tertiary/aromatic N) is 6. The van der Waals surface area contributed by atoms with Crippen LogP contribution in [0, 0.1) is 5.92 Å². The lowest BCUT2D eigenvalue weighted by Gasteiger charge is -2.28. The highest BCUT2D eigenvalue weighted by molar-refractivity contribution is 6.08. The van der Waals surface area contributed by atoms with E-state index in [2.05, 4.69) is 10.3 Å². The number of aliphatic hydroxyl groups is 2. The summed E-state index contributed by atoms with van der Waals surface area (Å²) in [6.45, 7) is 2.50. The molecule has 50 heavy (non-hydrogen) atoms. The third-order valence-electron chi connectivity index (χ3n) is 8.93. The zero-order valence-corrected chi connectivity index (χ0v) is 27.6. The number of aliphatic hydroxyl groups excluding tert-OH is 1. The Balaban J connectivity index is 1.29. The molecule has 2 atom stereocenters. The van der Waals surface area contributed by atoms with Crippen LogP contribution < -0.4 is 14.7 Å². The average Bonchev–Trinajstić information content (AvgIpc) is 3.69. The quantitative estimate of drug-likeness (QED) is 0.112. The molecule has 2 heterocycles. The number of aryl methyl sites for hydroxylation is 1. The van der Waals surface area contributed by atoms with Crippen molar-refractivity contribution in [1.82, 2.24) is 15.0 Å². The molecule has 2 N–H and O–H groups in total. The van der Waals surface area contributed by atoms with Crippen molar-refractivity contribution < 1.29 is 24.6 Å². The third kappa shape index (κ3) is 6.82.